The maximum absolute atomic E-state index is 5.80. The van der Waals surface area contributed by atoms with Crippen LogP contribution < -0.4 is 11.3 Å². The Hall–Kier alpha value is -1.24. The number of likely N-dealkylation sites (N-methyl/N-ethyl adjacent to an activating group) is 1. The first-order chi connectivity index (χ1) is 9.13. The van der Waals surface area contributed by atoms with E-state index in [1.165, 1.54) is 0 Å². The van der Waals surface area contributed by atoms with Gasteiger partial charge >= 0.3 is 0 Å². The van der Waals surface area contributed by atoms with Crippen LogP contribution in [0.5, 0.6) is 0 Å². The topological polar surface area (TPSA) is 76.3 Å². The summed E-state index contributed by atoms with van der Waals surface area (Å²) >= 11 is 0. The number of morpholine rings is 1. The fraction of sp³-hybridized carbons (Fsp3) is 0.692. The van der Waals surface area contributed by atoms with Crippen LogP contribution in [0, 0.1) is 0 Å². The number of hydrogen-bond donors (Lipinski definition) is 2. The predicted octanol–water partition coefficient (Wildman–Crippen LogP) is 1.28. The Morgan fingerprint density at radius 3 is 2.95 bits per heavy atom. The van der Waals surface area contributed by atoms with E-state index >= 15 is 0 Å². The first kappa shape index (κ1) is 14.2. The minimum atomic E-state index is -0.0699. The predicted molar refractivity (Wildman–Crippen MR) is 74.7 cm³/mol. The SMILES string of the molecule is CCN1CCOC(c2nc(NN)cc(C(C)C)n2)C1. The number of ether oxygens (including phenoxy) is 1. The molecular formula is C13H23N5O. The minimum absolute atomic E-state index is 0.0699. The Bertz CT molecular complexity index is 423. The lowest BCUT2D eigenvalue weighted by Gasteiger charge is -2.31. The number of nitrogens with zero attached hydrogens (tertiary/aromatic N) is 3. The van der Waals surface area contributed by atoms with E-state index in [-0.39, 0.29) is 6.10 Å². The first-order valence-corrected chi connectivity index (χ1v) is 6.83. The molecule has 0 saturated carbocycles. The van der Waals surface area contributed by atoms with E-state index in [1.54, 1.807) is 0 Å². The number of hydrazine groups is 1. The van der Waals surface area contributed by atoms with Gasteiger partial charge in [-0.2, -0.15) is 0 Å². The van der Waals surface area contributed by atoms with E-state index in [0.717, 1.165) is 37.8 Å². The molecule has 1 aliphatic heterocycles. The molecule has 0 spiro atoms. The Morgan fingerprint density at radius 2 is 2.32 bits per heavy atom. The lowest BCUT2D eigenvalue weighted by atomic mass is 10.1. The molecular weight excluding hydrogens is 242 g/mol. The van der Waals surface area contributed by atoms with Crippen LogP contribution in [0.4, 0.5) is 5.82 Å². The van der Waals surface area contributed by atoms with E-state index in [0.29, 0.717) is 11.7 Å². The molecule has 6 heteroatoms. The number of nitrogens with one attached hydrogen (secondary N) is 1. The summed E-state index contributed by atoms with van der Waals surface area (Å²) in [5.41, 5.74) is 3.59. The summed E-state index contributed by atoms with van der Waals surface area (Å²) in [5, 5.41) is 0. The van der Waals surface area contributed by atoms with Gasteiger partial charge in [-0.3, -0.25) is 4.90 Å². The molecule has 19 heavy (non-hydrogen) atoms. The van der Waals surface area contributed by atoms with Gasteiger partial charge in [0.15, 0.2) is 5.82 Å². The largest absolute Gasteiger partial charge is 0.368 e. The quantitative estimate of drug-likeness (QED) is 0.631. The second-order valence-electron chi connectivity index (χ2n) is 5.09. The summed E-state index contributed by atoms with van der Waals surface area (Å²) in [5.74, 6) is 7.18. The average Bonchev–Trinajstić information content (AvgIpc) is 2.46. The van der Waals surface area contributed by atoms with Crippen molar-refractivity contribution < 1.29 is 4.74 Å². The Balaban J connectivity index is 2.25. The molecule has 2 rings (SSSR count). The molecule has 2 heterocycles. The summed E-state index contributed by atoms with van der Waals surface area (Å²) in [7, 11) is 0. The zero-order valence-electron chi connectivity index (χ0n) is 11.9. The second-order valence-corrected chi connectivity index (χ2v) is 5.09. The van der Waals surface area contributed by atoms with Crippen molar-refractivity contribution >= 4 is 5.82 Å². The van der Waals surface area contributed by atoms with Crippen molar-refractivity contribution in [3.63, 3.8) is 0 Å². The summed E-state index contributed by atoms with van der Waals surface area (Å²) in [6.45, 7) is 9.91. The molecule has 1 unspecified atom stereocenters. The molecule has 3 N–H and O–H groups in total. The van der Waals surface area contributed by atoms with Crippen LogP contribution in [0.2, 0.25) is 0 Å². The normalized spacial score (nSPS) is 20.8. The number of hydrogen-bond acceptors (Lipinski definition) is 6. The second kappa shape index (κ2) is 6.27. The highest BCUT2D eigenvalue weighted by Crippen LogP contribution is 2.23. The number of rotatable bonds is 4. The Kier molecular flexibility index (Phi) is 4.68. The average molecular weight is 265 g/mol. The van der Waals surface area contributed by atoms with Crippen molar-refractivity contribution in [1.82, 2.24) is 14.9 Å². The molecule has 1 saturated heterocycles. The highest BCUT2D eigenvalue weighted by atomic mass is 16.5. The fourth-order valence-electron chi connectivity index (χ4n) is 2.14. The first-order valence-electron chi connectivity index (χ1n) is 6.83. The number of anilines is 1. The highest BCUT2D eigenvalue weighted by molar-refractivity contribution is 5.35. The monoisotopic (exact) mass is 265 g/mol. The van der Waals surface area contributed by atoms with Crippen molar-refractivity contribution in [2.24, 2.45) is 5.84 Å². The molecule has 1 aliphatic rings. The zero-order valence-corrected chi connectivity index (χ0v) is 11.9. The number of nitrogen functional groups attached to an aromatic ring is 1. The van der Waals surface area contributed by atoms with Gasteiger partial charge in [-0.25, -0.2) is 15.8 Å². The molecule has 0 aliphatic carbocycles. The Labute approximate surface area is 114 Å². The van der Waals surface area contributed by atoms with Crippen molar-refractivity contribution in [3.05, 3.63) is 17.6 Å². The summed E-state index contributed by atoms with van der Waals surface area (Å²) in [6.07, 6.45) is -0.0699. The van der Waals surface area contributed by atoms with Gasteiger partial charge in [0.1, 0.15) is 11.9 Å². The van der Waals surface area contributed by atoms with E-state index < -0.39 is 0 Å². The third kappa shape index (κ3) is 3.40. The van der Waals surface area contributed by atoms with Gasteiger partial charge in [-0.1, -0.05) is 20.8 Å². The molecule has 0 amide bonds. The zero-order chi connectivity index (χ0) is 13.8. The van der Waals surface area contributed by atoms with Crippen LogP contribution in [-0.4, -0.2) is 41.1 Å². The molecule has 1 atom stereocenters. The van der Waals surface area contributed by atoms with E-state index in [2.05, 4.69) is 41.1 Å². The summed E-state index contributed by atoms with van der Waals surface area (Å²) in [4.78, 5) is 11.4. The number of nitrogens with two attached hydrogens (primary N) is 1. The van der Waals surface area contributed by atoms with E-state index in [4.69, 9.17) is 10.6 Å². The Morgan fingerprint density at radius 1 is 1.53 bits per heavy atom. The molecule has 0 aromatic carbocycles. The van der Waals surface area contributed by atoms with Crippen LogP contribution in [0.3, 0.4) is 0 Å². The molecule has 1 aromatic heterocycles. The van der Waals surface area contributed by atoms with Crippen molar-refractivity contribution in [3.8, 4) is 0 Å². The van der Waals surface area contributed by atoms with Gasteiger partial charge in [0.25, 0.3) is 0 Å². The maximum atomic E-state index is 5.80. The van der Waals surface area contributed by atoms with Crippen molar-refractivity contribution in [2.45, 2.75) is 32.8 Å². The summed E-state index contributed by atoms with van der Waals surface area (Å²) < 4.78 is 5.80. The van der Waals surface area contributed by atoms with Gasteiger partial charge in [0, 0.05) is 24.8 Å². The van der Waals surface area contributed by atoms with Gasteiger partial charge in [-0.05, 0) is 12.5 Å². The van der Waals surface area contributed by atoms with Gasteiger partial charge in [0.05, 0.1) is 6.61 Å². The van der Waals surface area contributed by atoms with Crippen LogP contribution in [-0.2, 0) is 4.74 Å². The minimum Gasteiger partial charge on any atom is -0.368 e. The lowest BCUT2D eigenvalue weighted by molar-refractivity contribution is -0.0326. The summed E-state index contributed by atoms with van der Waals surface area (Å²) in [6, 6.07) is 1.88. The van der Waals surface area contributed by atoms with Gasteiger partial charge in [-0.15, -0.1) is 0 Å². The van der Waals surface area contributed by atoms with Crippen molar-refractivity contribution in [1.29, 1.82) is 0 Å². The van der Waals surface area contributed by atoms with Crippen LogP contribution in [0.15, 0.2) is 6.07 Å². The molecule has 6 nitrogen and oxygen atoms in total. The fourth-order valence-corrected chi connectivity index (χ4v) is 2.14. The van der Waals surface area contributed by atoms with Crippen LogP contribution in [0.25, 0.3) is 0 Å². The van der Waals surface area contributed by atoms with Gasteiger partial charge in [0.2, 0.25) is 0 Å². The third-order valence-electron chi connectivity index (χ3n) is 3.39. The van der Waals surface area contributed by atoms with E-state index in [9.17, 15) is 0 Å². The molecule has 0 bridgehead atoms. The third-order valence-corrected chi connectivity index (χ3v) is 3.39. The highest BCUT2D eigenvalue weighted by Gasteiger charge is 2.24. The van der Waals surface area contributed by atoms with E-state index in [1.807, 2.05) is 6.07 Å². The maximum Gasteiger partial charge on any atom is 0.161 e. The van der Waals surface area contributed by atoms with Crippen LogP contribution in [0.1, 0.15) is 44.3 Å². The molecule has 106 valence electrons. The van der Waals surface area contributed by atoms with Crippen LogP contribution >= 0.6 is 0 Å². The molecule has 1 aromatic rings. The molecule has 1 fully saturated rings. The van der Waals surface area contributed by atoms with Gasteiger partial charge < -0.3 is 10.2 Å². The van der Waals surface area contributed by atoms with Crippen molar-refractivity contribution in [2.75, 3.05) is 31.7 Å². The lowest BCUT2D eigenvalue weighted by Crippen LogP contribution is -2.38. The smallest absolute Gasteiger partial charge is 0.161 e. The molecule has 0 radical (unpaired) electrons. The number of aromatic nitrogens is 2. The standard InChI is InChI=1S/C13H23N5O/c1-4-18-5-6-19-11(8-18)13-15-10(9(2)3)7-12(16-13)17-14/h7,9,11H,4-6,8,14H2,1-3H3,(H,15,16,17).